The molecule has 0 saturated carbocycles. The first-order valence-electron chi connectivity index (χ1n) is 4.67. The third-order valence-electron chi connectivity index (χ3n) is 2.19. The van der Waals surface area contributed by atoms with Crippen molar-refractivity contribution in [2.75, 3.05) is 18.6 Å². The fraction of sp³-hybridized carbons (Fsp3) is 0.400. The Hall–Kier alpha value is -0.780. The molecule has 0 spiro atoms. The summed E-state index contributed by atoms with van der Waals surface area (Å²) in [7, 11) is -1.91. The van der Waals surface area contributed by atoms with Gasteiger partial charge in [-0.3, -0.25) is 0 Å². The second-order valence-electron chi connectivity index (χ2n) is 3.51. The average molecular weight is 264 g/mol. The summed E-state index contributed by atoms with van der Waals surface area (Å²) >= 11 is 5.77. The van der Waals surface area contributed by atoms with Crippen molar-refractivity contribution >= 4 is 27.1 Å². The third kappa shape index (κ3) is 3.10. The zero-order valence-corrected chi connectivity index (χ0v) is 10.7. The number of nitrogen functional groups attached to an aromatic ring is 1. The van der Waals surface area contributed by atoms with Crippen LogP contribution in [0.25, 0.3) is 0 Å². The summed E-state index contributed by atoms with van der Waals surface area (Å²) in [4.78, 5) is 0.163. The van der Waals surface area contributed by atoms with E-state index in [1.54, 1.807) is 6.92 Å². The van der Waals surface area contributed by atoms with Gasteiger partial charge in [0.1, 0.15) is 0 Å². The SMILES string of the molecule is COC(C)CS(=O)(=O)c1ccc(N)c(Cl)c1. The second kappa shape index (κ2) is 5.03. The highest BCUT2D eigenvalue weighted by Gasteiger charge is 2.19. The first-order chi connectivity index (χ1) is 7.36. The van der Waals surface area contributed by atoms with Crippen molar-refractivity contribution in [1.29, 1.82) is 0 Å². The van der Waals surface area contributed by atoms with Crippen LogP contribution in [-0.2, 0) is 14.6 Å². The number of hydrogen-bond donors (Lipinski definition) is 1. The predicted molar refractivity (Wildman–Crippen MR) is 64.4 cm³/mol. The molecule has 1 aromatic rings. The molecular weight excluding hydrogens is 250 g/mol. The van der Waals surface area contributed by atoms with Crippen molar-refractivity contribution < 1.29 is 13.2 Å². The van der Waals surface area contributed by atoms with E-state index in [9.17, 15) is 8.42 Å². The molecule has 0 aromatic heterocycles. The number of anilines is 1. The average Bonchev–Trinajstić information content (AvgIpc) is 2.21. The Balaban J connectivity index is 3.03. The van der Waals surface area contributed by atoms with E-state index in [0.29, 0.717) is 5.69 Å². The Morgan fingerprint density at radius 2 is 2.12 bits per heavy atom. The summed E-state index contributed by atoms with van der Waals surface area (Å²) in [6, 6.07) is 4.28. The minimum absolute atomic E-state index is 0.0796. The molecule has 6 heteroatoms. The lowest BCUT2D eigenvalue weighted by molar-refractivity contribution is 0.136. The summed E-state index contributed by atoms with van der Waals surface area (Å²) in [5.74, 6) is -0.0796. The van der Waals surface area contributed by atoms with Gasteiger partial charge in [0.05, 0.1) is 27.5 Å². The van der Waals surface area contributed by atoms with Crippen LogP contribution in [0.15, 0.2) is 23.1 Å². The lowest BCUT2D eigenvalue weighted by Gasteiger charge is -2.10. The highest BCUT2D eigenvalue weighted by atomic mass is 35.5. The molecule has 0 bridgehead atoms. The molecule has 0 heterocycles. The van der Waals surface area contributed by atoms with E-state index in [4.69, 9.17) is 22.1 Å². The predicted octanol–water partition coefficient (Wildman–Crippen LogP) is 1.73. The van der Waals surface area contributed by atoms with E-state index in [1.807, 2.05) is 0 Å². The van der Waals surface area contributed by atoms with Crippen molar-refractivity contribution in [3.63, 3.8) is 0 Å². The van der Waals surface area contributed by atoms with Crippen LogP contribution in [0.2, 0.25) is 5.02 Å². The van der Waals surface area contributed by atoms with Gasteiger partial charge >= 0.3 is 0 Å². The molecule has 1 rings (SSSR count). The minimum atomic E-state index is -3.38. The van der Waals surface area contributed by atoms with Gasteiger partial charge < -0.3 is 10.5 Å². The fourth-order valence-electron chi connectivity index (χ4n) is 1.17. The number of sulfone groups is 1. The van der Waals surface area contributed by atoms with Crippen LogP contribution < -0.4 is 5.73 Å². The standard InChI is InChI=1S/C10H14ClNO3S/c1-7(15-2)6-16(13,14)8-3-4-10(12)9(11)5-8/h3-5,7H,6,12H2,1-2H3. The van der Waals surface area contributed by atoms with Gasteiger partial charge in [-0.2, -0.15) is 0 Å². The van der Waals surface area contributed by atoms with Gasteiger partial charge in [-0.15, -0.1) is 0 Å². The van der Waals surface area contributed by atoms with Gasteiger partial charge in [-0.25, -0.2) is 8.42 Å². The maximum atomic E-state index is 11.9. The molecule has 1 unspecified atom stereocenters. The molecule has 0 aliphatic heterocycles. The van der Waals surface area contributed by atoms with Gasteiger partial charge in [-0.1, -0.05) is 11.6 Å². The molecule has 90 valence electrons. The van der Waals surface area contributed by atoms with Gasteiger partial charge in [0.15, 0.2) is 9.84 Å². The second-order valence-corrected chi connectivity index (χ2v) is 5.95. The van der Waals surface area contributed by atoms with Crippen LogP contribution in [0.1, 0.15) is 6.92 Å². The molecule has 1 atom stereocenters. The van der Waals surface area contributed by atoms with Crippen molar-refractivity contribution in [3.05, 3.63) is 23.2 Å². The Labute approximate surface area is 100 Å². The van der Waals surface area contributed by atoms with Crippen LogP contribution in [0, 0.1) is 0 Å². The van der Waals surface area contributed by atoms with Gasteiger partial charge in [0, 0.05) is 7.11 Å². The smallest absolute Gasteiger partial charge is 0.180 e. The first kappa shape index (κ1) is 13.3. The highest BCUT2D eigenvalue weighted by molar-refractivity contribution is 7.91. The number of hydrogen-bond acceptors (Lipinski definition) is 4. The maximum Gasteiger partial charge on any atom is 0.180 e. The quantitative estimate of drug-likeness (QED) is 0.840. The van der Waals surface area contributed by atoms with E-state index in [-0.39, 0.29) is 21.8 Å². The van der Waals surface area contributed by atoms with E-state index < -0.39 is 9.84 Å². The van der Waals surface area contributed by atoms with Crippen LogP contribution >= 0.6 is 11.6 Å². The summed E-state index contributed by atoms with van der Waals surface area (Å²) < 4.78 is 28.7. The topological polar surface area (TPSA) is 69.4 Å². The molecule has 0 radical (unpaired) electrons. The molecule has 0 aliphatic rings. The van der Waals surface area contributed by atoms with E-state index in [0.717, 1.165) is 0 Å². The van der Waals surface area contributed by atoms with Gasteiger partial charge in [0.25, 0.3) is 0 Å². The first-order valence-corrected chi connectivity index (χ1v) is 6.70. The van der Waals surface area contributed by atoms with Crippen LogP contribution in [0.3, 0.4) is 0 Å². The van der Waals surface area contributed by atoms with E-state index in [1.165, 1.54) is 25.3 Å². The minimum Gasteiger partial charge on any atom is -0.398 e. The van der Waals surface area contributed by atoms with Crippen molar-refractivity contribution in [2.45, 2.75) is 17.9 Å². The number of methoxy groups -OCH3 is 1. The summed E-state index contributed by atoms with van der Waals surface area (Å²) in [5.41, 5.74) is 5.87. The molecular formula is C10H14ClNO3S. The largest absolute Gasteiger partial charge is 0.398 e. The molecule has 0 saturated heterocycles. The molecule has 0 aliphatic carbocycles. The highest BCUT2D eigenvalue weighted by Crippen LogP contribution is 2.23. The maximum absolute atomic E-state index is 11.9. The number of halogens is 1. The number of nitrogens with two attached hydrogens (primary N) is 1. The van der Waals surface area contributed by atoms with Crippen LogP contribution in [0.4, 0.5) is 5.69 Å². The number of benzene rings is 1. The van der Waals surface area contributed by atoms with Crippen LogP contribution in [0.5, 0.6) is 0 Å². The zero-order valence-electron chi connectivity index (χ0n) is 9.10. The third-order valence-corrected chi connectivity index (χ3v) is 4.40. The molecule has 1 aromatic carbocycles. The molecule has 0 fully saturated rings. The number of rotatable bonds is 4. The van der Waals surface area contributed by atoms with Crippen LogP contribution in [-0.4, -0.2) is 27.4 Å². The monoisotopic (exact) mass is 263 g/mol. The molecule has 0 amide bonds. The molecule has 2 N–H and O–H groups in total. The van der Waals surface area contributed by atoms with E-state index in [2.05, 4.69) is 0 Å². The summed E-state index contributed by atoms with van der Waals surface area (Å²) in [6.07, 6.45) is -0.360. The fourth-order valence-corrected chi connectivity index (χ4v) is 2.94. The Kier molecular flexibility index (Phi) is 4.18. The Morgan fingerprint density at radius 3 is 2.62 bits per heavy atom. The Bertz CT molecular complexity index is 473. The van der Waals surface area contributed by atoms with E-state index >= 15 is 0 Å². The van der Waals surface area contributed by atoms with Gasteiger partial charge in [-0.05, 0) is 25.1 Å². The lowest BCUT2D eigenvalue weighted by Crippen LogP contribution is -2.20. The Morgan fingerprint density at radius 1 is 1.50 bits per heavy atom. The summed E-state index contributed by atoms with van der Waals surface area (Å²) in [6.45, 7) is 1.69. The zero-order chi connectivity index (χ0) is 12.3. The van der Waals surface area contributed by atoms with Crippen molar-refractivity contribution in [3.8, 4) is 0 Å². The normalized spacial score (nSPS) is 13.7. The van der Waals surface area contributed by atoms with Crippen molar-refractivity contribution in [2.24, 2.45) is 0 Å². The van der Waals surface area contributed by atoms with Gasteiger partial charge in [0.2, 0.25) is 0 Å². The lowest BCUT2D eigenvalue weighted by atomic mass is 10.3. The summed E-state index contributed by atoms with van der Waals surface area (Å²) in [5, 5.41) is 0.242. The van der Waals surface area contributed by atoms with Crippen molar-refractivity contribution in [1.82, 2.24) is 0 Å². The molecule has 4 nitrogen and oxygen atoms in total. The molecule has 16 heavy (non-hydrogen) atoms. The number of ether oxygens (including phenoxy) is 1.